The summed E-state index contributed by atoms with van der Waals surface area (Å²) in [5.74, 6) is 1.33. The summed E-state index contributed by atoms with van der Waals surface area (Å²) in [6, 6.07) is 10.9. The molecule has 0 saturated carbocycles. The molecule has 8 heteroatoms. The molecule has 0 radical (unpaired) electrons. The zero-order valence-electron chi connectivity index (χ0n) is 12.9. The van der Waals surface area contributed by atoms with Crippen LogP contribution >= 0.6 is 23.4 Å². The zero-order valence-corrected chi connectivity index (χ0v) is 14.5. The van der Waals surface area contributed by atoms with Gasteiger partial charge in [-0.25, -0.2) is 0 Å². The maximum Gasteiger partial charge on any atom is 0.233 e. The molecule has 0 unspecified atom stereocenters. The monoisotopic (exact) mass is 365 g/mol. The lowest BCUT2D eigenvalue weighted by Crippen LogP contribution is -2.42. The molecule has 1 aliphatic rings. The van der Waals surface area contributed by atoms with Gasteiger partial charge in [0.1, 0.15) is 17.7 Å². The maximum absolute atomic E-state index is 12.2. The van der Waals surface area contributed by atoms with Crippen molar-refractivity contribution in [3.63, 3.8) is 0 Å². The molecule has 0 aliphatic carbocycles. The highest BCUT2D eigenvalue weighted by Gasteiger charge is 2.22. The van der Waals surface area contributed by atoms with E-state index in [1.165, 1.54) is 11.8 Å². The second-order valence-electron chi connectivity index (χ2n) is 5.20. The topological polar surface area (TPSA) is 73.3 Å². The molecule has 6 nitrogen and oxygen atoms in total. The van der Waals surface area contributed by atoms with Crippen LogP contribution in [0.15, 0.2) is 41.4 Å². The third-order valence-corrected chi connectivity index (χ3v) is 4.57. The van der Waals surface area contributed by atoms with E-state index in [2.05, 4.69) is 15.5 Å². The molecule has 2 atom stereocenters. The van der Waals surface area contributed by atoms with Crippen molar-refractivity contribution in [1.82, 2.24) is 15.5 Å². The molecular formula is C16H16ClN3O3S. The molecule has 1 aromatic carbocycles. The van der Waals surface area contributed by atoms with Crippen LogP contribution in [0.4, 0.5) is 0 Å². The van der Waals surface area contributed by atoms with Crippen molar-refractivity contribution in [2.24, 2.45) is 0 Å². The summed E-state index contributed by atoms with van der Waals surface area (Å²) in [5.41, 5.74) is 0. The van der Waals surface area contributed by atoms with E-state index in [4.69, 9.17) is 21.1 Å². The number of para-hydroxylation sites is 2. The molecule has 0 bridgehead atoms. The first-order valence-electron chi connectivity index (χ1n) is 7.44. The predicted octanol–water partition coefficient (Wildman–Crippen LogP) is 2.57. The summed E-state index contributed by atoms with van der Waals surface area (Å²) in [5, 5.41) is 11.2. The molecule has 1 aromatic heterocycles. The van der Waals surface area contributed by atoms with Crippen LogP contribution in [-0.2, 0) is 4.79 Å². The molecule has 0 saturated heterocycles. The number of nitrogens with zero attached hydrogens (tertiary/aromatic N) is 2. The Morgan fingerprint density at radius 2 is 2.12 bits per heavy atom. The summed E-state index contributed by atoms with van der Waals surface area (Å²) in [4.78, 5) is 12.2. The number of hydrogen-bond donors (Lipinski definition) is 1. The highest BCUT2D eigenvalue weighted by molar-refractivity contribution is 8.00. The molecule has 24 heavy (non-hydrogen) atoms. The van der Waals surface area contributed by atoms with Crippen LogP contribution in [0, 0.1) is 0 Å². The zero-order chi connectivity index (χ0) is 16.9. The van der Waals surface area contributed by atoms with Crippen molar-refractivity contribution >= 4 is 29.3 Å². The van der Waals surface area contributed by atoms with Gasteiger partial charge in [-0.2, -0.15) is 0 Å². The SMILES string of the molecule is C[C@H](Sc1ccc(Cl)nn1)C(=O)NC[C@H]1COc2ccccc2O1. The number of rotatable bonds is 5. The van der Waals surface area contributed by atoms with Crippen LogP contribution in [0.2, 0.25) is 5.15 Å². The van der Waals surface area contributed by atoms with E-state index < -0.39 is 0 Å². The van der Waals surface area contributed by atoms with Gasteiger partial charge in [0, 0.05) is 0 Å². The van der Waals surface area contributed by atoms with Gasteiger partial charge < -0.3 is 14.8 Å². The number of carbonyl (C=O) groups excluding carboxylic acids is 1. The van der Waals surface area contributed by atoms with Gasteiger partial charge in [-0.15, -0.1) is 10.2 Å². The second kappa shape index (κ2) is 7.72. The molecule has 1 N–H and O–H groups in total. The van der Waals surface area contributed by atoms with Crippen LogP contribution in [0.1, 0.15) is 6.92 Å². The quantitative estimate of drug-likeness (QED) is 0.821. The lowest BCUT2D eigenvalue weighted by Gasteiger charge is -2.26. The van der Waals surface area contributed by atoms with Gasteiger partial charge in [0.2, 0.25) is 5.91 Å². The van der Waals surface area contributed by atoms with E-state index in [0.29, 0.717) is 29.1 Å². The molecule has 2 heterocycles. The Kier molecular flexibility index (Phi) is 5.42. The number of nitrogens with one attached hydrogen (secondary N) is 1. The van der Waals surface area contributed by atoms with Crippen LogP contribution in [-0.4, -0.2) is 40.6 Å². The normalized spacial score (nSPS) is 17.2. The second-order valence-corrected chi connectivity index (χ2v) is 6.95. The fourth-order valence-corrected chi connectivity index (χ4v) is 3.01. The van der Waals surface area contributed by atoms with Gasteiger partial charge in [0.15, 0.2) is 16.7 Å². The predicted molar refractivity (Wildman–Crippen MR) is 91.7 cm³/mol. The van der Waals surface area contributed by atoms with Crippen LogP contribution in [0.25, 0.3) is 0 Å². The third kappa shape index (κ3) is 4.30. The van der Waals surface area contributed by atoms with Crippen molar-refractivity contribution in [2.45, 2.75) is 23.3 Å². The first-order chi connectivity index (χ1) is 11.6. The lowest BCUT2D eigenvalue weighted by molar-refractivity contribution is -0.120. The minimum atomic E-state index is -0.308. The summed E-state index contributed by atoms with van der Waals surface area (Å²) >= 11 is 7.01. The van der Waals surface area contributed by atoms with Gasteiger partial charge in [0.25, 0.3) is 0 Å². The first kappa shape index (κ1) is 16.9. The fraction of sp³-hybridized carbons (Fsp3) is 0.312. The molecule has 3 rings (SSSR count). The van der Waals surface area contributed by atoms with Crippen molar-refractivity contribution in [1.29, 1.82) is 0 Å². The average Bonchev–Trinajstić information content (AvgIpc) is 2.61. The number of carbonyl (C=O) groups is 1. The smallest absolute Gasteiger partial charge is 0.233 e. The van der Waals surface area contributed by atoms with Crippen LogP contribution in [0.3, 0.4) is 0 Å². The Morgan fingerprint density at radius 1 is 1.33 bits per heavy atom. The standard InChI is InChI=1S/C16H16ClN3O3S/c1-10(24-15-7-6-14(17)19-20-15)16(21)18-8-11-9-22-12-4-2-3-5-13(12)23-11/h2-7,10-11H,8-9H2,1H3,(H,18,21)/t10-,11-/m0/s1. The van der Waals surface area contributed by atoms with Crippen LogP contribution in [0.5, 0.6) is 11.5 Å². The summed E-state index contributed by atoms with van der Waals surface area (Å²) in [6.07, 6.45) is -0.212. The minimum Gasteiger partial charge on any atom is -0.486 e. The number of ether oxygens (including phenoxy) is 2. The number of halogens is 1. The van der Waals surface area contributed by atoms with E-state index in [9.17, 15) is 4.79 Å². The first-order valence-corrected chi connectivity index (χ1v) is 8.69. The fourth-order valence-electron chi connectivity index (χ4n) is 2.12. The van der Waals surface area contributed by atoms with Crippen molar-refractivity contribution in [2.75, 3.05) is 13.2 Å². The number of benzene rings is 1. The van der Waals surface area contributed by atoms with Crippen molar-refractivity contribution < 1.29 is 14.3 Å². The highest BCUT2D eigenvalue weighted by atomic mass is 35.5. The molecule has 0 fully saturated rings. The maximum atomic E-state index is 12.2. The molecule has 126 valence electrons. The molecule has 1 aliphatic heterocycles. The van der Waals surface area contributed by atoms with E-state index >= 15 is 0 Å². The Hall–Kier alpha value is -1.99. The van der Waals surface area contributed by atoms with E-state index in [0.717, 1.165) is 5.75 Å². The number of thioether (sulfide) groups is 1. The van der Waals surface area contributed by atoms with Crippen molar-refractivity contribution in [3.05, 3.63) is 41.6 Å². The number of aromatic nitrogens is 2. The van der Waals surface area contributed by atoms with E-state index in [1.54, 1.807) is 12.1 Å². The number of hydrogen-bond acceptors (Lipinski definition) is 6. The molecule has 0 spiro atoms. The van der Waals surface area contributed by atoms with Gasteiger partial charge in [-0.1, -0.05) is 35.5 Å². The summed E-state index contributed by atoms with van der Waals surface area (Å²) < 4.78 is 11.4. The highest BCUT2D eigenvalue weighted by Crippen LogP contribution is 2.30. The van der Waals surface area contributed by atoms with E-state index in [1.807, 2.05) is 31.2 Å². The minimum absolute atomic E-state index is 0.0980. The third-order valence-electron chi connectivity index (χ3n) is 3.35. The Morgan fingerprint density at radius 3 is 2.88 bits per heavy atom. The Labute approximate surface area is 148 Å². The van der Waals surface area contributed by atoms with Crippen molar-refractivity contribution in [3.8, 4) is 11.5 Å². The summed E-state index contributed by atoms with van der Waals surface area (Å²) in [6.45, 7) is 2.59. The van der Waals surface area contributed by atoms with Gasteiger partial charge >= 0.3 is 0 Å². The van der Waals surface area contributed by atoms with Gasteiger partial charge in [-0.3, -0.25) is 4.79 Å². The molecule has 1 amide bonds. The largest absolute Gasteiger partial charge is 0.486 e. The number of fused-ring (bicyclic) bond motifs is 1. The van der Waals surface area contributed by atoms with E-state index in [-0.39, 0.29) is 17.3 Å². The molecule has 2 aromatic rings. The average molecular weight is 366 g/mol. The Bertz CT molecular complexity index is 714. The lowest BCUT2D eigenvalue weighted by atomic mass is 10.2. The number of amides is 1. The van der Waals surface area contributed by atoms with Gasteiger partial charge in [0.05, 0.1) is 11.8 Å². The molecular weight excluding hydrogens is 350 g/mol. The summed E-state index contributed by atoms with van der Waals surface area (Å²) in [7, 11) is 0. The van der Waals surface area contributed by atoms with Gasteiger partial charge in [-0.05, 0) is 31.2 Å². The Balaban J connectivity index is 1.48. The van der Waals surface area contributed by atoms with Crippen LogP contribution < -0.4 is 14.8 Å².